The Morgan fingerprint density at radius 1 is 1.19 bits per heavy atom. The van der Waals surface area contributed by atoms with Crippen LogP contribution in [0.4, 0.5) is 0 Å². The number of likely N-dealkylation sites (tertiary alicyclic amines) is 1. The summed E-state index contributed by atoms with van der Waals surface area (Å²) in [7, 11) is 0. The minimum absolute atomic E-state index is 0.263. The van der Waals surface area contributed by atoms with Gasteiger partial charge in [0.25, 0.3) is 0 Å². The fourth-order valence-electron chi connectivity index (χ4n) is 3.95. The third-order valence-corrected chi connectivity index (χ3v) is 5.30. The molecule has 1 saturated heterocycles. The minimum atomic E-state index is 0.263. The SMILES string of the molecule is Cc1cc(O[C@H]2CCN(Cc3ccc4c(n3)OCC4)[C@@H](C)C2)cc(C)n1. The first-order valence-electron chi connectivity index (χ1n) is 9.54. The molecular formula is C21H27N3O2. The third kappa shape index (κ3) is 3.83. The van der Waals surface area contributed by atoms with E-state index in [0.29, 0.717) is 6.04 Å². The number of rotatable bonds is 4. The van der Waals surface area contributed by atoms with E-state index < -0.39 is 0 Å². The number of hydrogen-bond donors (Lipinski definition) is 0. The molecule has 2 aromatic rings. The van der Waals surface area contributed by atoms with Crippen molar-refractivity contribution in [1.82, 2.24) is 14.9 Å². The van der Waals surface area contributed by atoms with Crippen LogP contribution < -0.4 is 9.47 Å². The predicted molar refractivity (Wildman–Crippen MR) is 101 cm³/mol. The highest BCUT2D eigenvalue weighted by molar-refractivity contribution is 5.31. The van der Waals surface area contributed by atoms with E-state index >= 15 is 0 Å². The number of aryl methyl sites for hydroxylation is 2. The Hall–Kier alpha value is -2.14. The molecule has 0 unspecified atom stereocenters. The highest BCUT2D eigenvalue weighted by Crippen LogP contribution is 2.26. The first kappa shape index (κ1) is 17.3. The first-order valence-corrected chi connectivity index (χ1v) is 9.54. The maximum absolute atomic E-state index is 6.24. The molecule has 2 aliphatic heterocycles. The molecule has 138 valence electrons. The molecule has 0 radical (unpaired) electrons. The zero-order valence-electron chi connectivity index (χ0n) is 15.9. The monoisotopic (exact) mass is 353 g/mol. The lowest BCUT2D eigenvalue weighted by atomic mass is 10.00. The molecule has 2 aromatic heterocycles. The summed E-state index contributed by atoms with van der Waals surface area (Å²) in [6.45, 7) is 8.96. The topological polar surface area (TPSA) is 47.5 Å². The van der Waals surface area contributed by atoms with Crippen molar-refractivity contribution < 1.29 is 9.47 Å². The molecule has 0 saturated carbocycles. The van der Waals surface area contributed by atoms with Gasteiger partial charge in [-0.2, -0.15) is 0 Å². The van der Waals surface area contributed by atoms with Crippen LogP contribution in [0.1, 0.15) is 42.4 Å². The van der Waals surface area contributed by atoms with Crippen molar-refractivity contribution in [1.29, 1.82) is 0 Å². The zero-order chi connectivity index (χ0) is 18.1. The average Bonchev–Trinajstić information content (AvgIpc) is 3.04. The van der Waals surface area contributed by atoms with Gasteiger partial charge in [0.05, 0.1) is 12.3 Å². The first-order chi connectivity index (χ1) is 12.6. The fourth-order valence-corrected chi connectivity index (χ4v) is 3.95. The van der Waals surface area contributed by atoms with Gasteiger partial charge in [0.1, 0.15) is 11.9 Å². The maximum Gasteiger partial charge on any atom is 0.216 e. The second-order valence-electron chi connectivity index (χ2n) is 7.53. The number of fused-ring (bicyclic) bond motifs is 1. The van der Waals surface area contributed by atoms with Gasteiger partial charge in [-0.15, -0.1) is 0 Å². The van der Waals surface area contributed by atoms with Gasteiger partial charge in [0.2, 0.25) is 5.88 Å². The van der Waals surface area contributed by atoms with Crippen LogP contribution in [0.15, 0.2) is 24.3 Å². The van der Waals surface area contributed by atoms with Gasteiger partial charge in [-0.1, -0.05) is 6.07 Å². The summed E-state index contributed by atoms with van der Waals surface area (Å²) in [6.07, 6.45) is 3.31. The van der Waals surface area contributed by atoms with Gasteiger partial charge in [0, 0.05) is 54.6 Å². The molecule has 0 bridgehead atoms. The second-order valence-corrected chi connectivity index (χ2v) is 7.53. The molecule has 0 amide bonds. The summed E-state index contributed by atoms with van der Waals surface area (Å²) in [5.74, 6) is 1.77. The van der Waals surface area contributed by atoms with E-state index in [1.807, 2.05) is 26.0 Å². The molecule has 0 aliphatic carbocycles. The number of aromatic nitrogens is 2. The van der Waals surface area contributed by atoms with Gasteiger partial charge >= 0.3 is 0 Å². The van der Waals surface area contributed by atoms with E-state index in [2.05, 4.69) is 33.9 Å². The Kier molecular flexibility index (Phi) is 4.81. The van der Waals surface area contributed by atoms with Crippen molar-refractivity contribution >= 4 is 0 Å². The van der Waals surface area contributed by atoms with E-state index in [0.717, 1.165) is 67.7 Å². The lowest BCUT2D eigenvalue weighted by molar-refractivity contribution is 0.0576. The Balaban J connectivity index is 1.36. The number of ether oxygens (including phenoxy) is 2. The molecule has 0 spiro atoms. The molecule has 4 heterocycles. The van der Waals surface area contributed by atoms with Crippen molar-refractivity contribution in [2.45, 2.75) is 58.7 Å². The largest absolute Gasteiger partial charge is 0.490 e. The molecule has 26 heavy (non-hydrogen) atoms. The molecule has 0 N–H and O–H groups in total. The highest BCUT2D eigenvalue weighted by Gasteiger charge is 2.27. The van der Waals surface area contributed by atoms with Crippen LogP contribution in [-0.4, -0.2) is 40.2 Å². The summed E-state index contributed by atoms with van der Waals surface area (Å²) >= 11 is 0. The highest BCUT2D eigenvalue weighted by atomic mass is 16.5. The molecule has 1 fully saturated rings. The van der Waals surface area contributed by atoms with Crippen molar-refractivity contribution in [3.05, 3.63) is 46.9 Å². The molecule has 5 heteroatoms. The van der Waals surface area contributed by atoms with E-state index in [1.54, 1.807) is 0 Å². The molecule has 2 aliphatic rings. The van der Waals surface area contributed by atoms with Gasteiger partial charge in [-0.25, -0.2) is 4.98 Å². The Bertz CT molecular complexity index is 773. The van der Waals surface area contributed by atoms with Gasteiger partial charge in [-0.05, 0) is 39.7 Å². The second kappa shape index (κ2) is 7.23. The van der Waals surface area contributed by atoms with E-state index in [-0.39, 0.29) is 6.10 Å². The molecule has 4 rings (SSSR count). The molecule has 0 aromatic carbocycles. The summed E-state index contributed by atoms with van der Waals surface area (Å²) in [6, 6.07) is 8.83. The minimum Gasteiger partial charge on any atom is -0.490 e. The van der Waals surface area contributed by atoms with Gasteiger partial charge in [-0.3, -0.25) is 9.88 Å². The average molecular weight is 353 g/mol. The summed E-state index contributed by atoms with van der Waals surface area (Å²) < 4.78 is 11.8. The summed E-state index contributed by atoms with van der Waals surface area (Å²) in [4.78, 5) is 11.6. The molecule has 2 atom stereocenters. The number of hydrogen-bond acceptors (Lipinski definition) is 5. The number of pyridine rings is 2. The van der Waals surface area contributed by atoms with Crippen molar-refractivity contribution in [2.24, 2.45) is 0 Å². The Labute approximate surface area is 155 Å². The summed E-state index contributed by atoms with van der Waals surface area (Å²) in [5, 5.41) is 0. The normalized spacial score (nSPS) is 22.7. The summed E-state index contributed by atoms with van der Waals surface area (Å²) in [5.41, 5.74) is 4.35. The van der Waals surface area contributed by atoms with Crippen LogP contribution in [0, 0.1) is 13.8 Å². The Morgan fingerprint density at radius 2 is 2.00 bits per heavy atom. The van der Waals surface area contributed by atoms with Crippen LogP contribution in [0.2, 0.25) is 0 Å². The quantitative estimate of drug-likeness (QED) is 0.842. The van der Waals surface area contributed by atoms with Gasteiger partial charge < -0.3 is 9.47 Å². The molecular weight excluding hydrogens is 326 g/mol. The number of nitrogens with zero attached hydrogens (tertiary/aromatic N) is 3. The van der Waals surface area contributed by atoms with Crippen LogP contribution in [0.25, 0.3) is 0 Å². The van der Waals surface area contributed by atoms with Crippen molar-refractivity contribution in [2.75, 3.05) is 13.2 Å². The number of piperidine rings is 1. The zero-order valence-corrected chi connectivity index (χ0v) is 15.9. The Morgan fingerprint density at radius 3 is 2.77 bits per heavy atom. The van der Waals surface area contributed by atoms with Crippen LogP contribution in [-0.2, 0) is 13.0 Å². The predicted octanol–water partition coefficient (Wildman–Crippen LogP) is 3.46. The van der Waals surface area contributed by atoms with Crippen molar-refractivity contribution in [3.8, 4) is 11.6 Å². The van der Waals surface area contributed by atoms with Crippen LogP contribution in [0.3, 0.4) is 0 Å². The fraction of sp³-hybridized carbons (Fsp3) is 0.524. The maximum atomic E-state index is 6.24. The van der Waals surface area contributed by atoms with E-state index in [1.165, 1.54) is 5.56 Å². The molecule has 5 nitrogen and oxygen atoms in total. The third-order valence-electron chi connectivity index (χ3n) is 5.30. The van der Waals surface area contributed by atoms with Crippen LogP contribution in [0.5, 0.6) is 11.6 Å². The van der Waals surface area contributed by atoms with Gasteiger partial charge in [0.15, 0.2) is 0 Å². The van der Waals surface area contributed by atoms with E-state index in [4.69, 9.17) is 9.47 Å². The van der Waals surface area contributed by atoms with Crippen LogP contribution >= 0.6 is 0 Å². The van der Waals surface area contributed by atoms with Crippen molar-refractivity contribution in [3.63, 3.8) is 0 Å². The standard InChI is InChI=1S/C21H27N3O2/c1-14-10-20(11-15(2)22-14)26-19-6-8-24(16(3)12-19)13-18-5-4-17-7-9-25-21(17)23-18/h4-5,10-11,16,19H,6-9,12-13H2,1-3H3/t16-,19-/m0/s1. The lowest BCUT2D eigenvalue weighted by Gasteiger charge is -2.37. The lowest BCUT2D eigenvalue weighted by Crippen LogP contribution is -2.44. The van der Waals surface area contributed by atoms with E-state index in [9.17, 15) is 0 Å². The smallest absolute Gasteiger partial charge is 0.216 e.